The molecule has 0 aliphatic carbocycles. The number of aromatic nitrogens is 2. The molecule has 2 heterocycles. The van der Waals surface area contributed by atoms with Gasteiger partial charge in [0.25, 0.3) is 11.5 Å². The normalized spacial score (nSPS) is 15.9. The Morgan fingerprint density at radius 2 is 1.68 bits per heavy atom. The first-order chi connectivity index (χ1) is 13.5. The molecular formula is C21H20N4O3. The van der Waals surface area contributed by atoms with Gasteiger partial charge in [-0.25, -0.2) is 4.68 Å². The van der Waals surface area contributed by atoms with E-state index in [0.717, 1.165) is 11.1 Å². The first-order valence-electron chi connectivity index (χ1n) is 9.06. The van der Waals surface area contributed by atoms with E-state index in [1.807, 2.05) is 24.3 Å². The van der Waals surface area contributed by atoms with Gasteiger partial charge in [0.1, 0.15) is 6.04 Å². The molecule has 0 spiro atoms. The molecule has 3 aromatic rings. The number of nitrogens with one attached hydrogen (secondary N) is 1. The summed E-state index contributed by atoms with van der Waals surface area (Å²) in [5, 5.41) is 7.80. The summed E-state index contributed by atoms with van der Waals surface area (Å²) < 4.78 is 1.17. The highest BCUT2D eigenvalue weighted by atomic mass is 16.2. The monoisotopic (exact) mass is 376 g/mol. The van der Waals surface area contributed by atoms with E-state index in [4.69, 9.17) is 0 Å². The molecule has 28 heavy (non-hydrogen) atoms. The summed E-state index contributed by atoms with van der Waals surface area (Å²) in [6.45, 7) is 0.311. The number of aryl methyl sites for hydroxylation is 1. The first-order valence-corrected chi connectivity index (χ1v) is 9.06. The van der Waals surface area contributed by atoms with Crippen LogP contribution in [0.2, 0.25) is 0 Å². The molecule has 0 radical (unpaired) electrons. The summed E-state index contributed by atoms with van der Waals surface area (Å²) in [5.74, 6) is -0.591. The van der Waals surface area contributed by atoms with E-state index in [2.05, 4.69) is 10.4 Å². The number of hydrogen-bond acceptors (Lipinski definition) is 4. The highest BCUT2D eigenvalue weighted by Gasteiger charge is 2.36. The number of carbonyl (C=O) groups is 2. The van der Waals surface area contributed by atoms with E-state index in [-0.39, 0.29) is 23.1 Å². The van der Waals surface area contributed by atoms with Gasteiger partial charge in [-0.1, -0.05) is 42.5 Å². The average Bonchev–Trinajstić information content (AvgIpc) is 2.74. The van der Waals surface area contributed by atoms with Crippen LogP contribution in [0.5, 0.6) is 0 Å². The first kappa shape index (κ1) is 17.9. The Morgan fingerprint density at radius 3 is 2.39 bits per heavy atom. The fraction of sp³-hybridized carbons (Fsp3) is 0.238. The summed E-state index contributed by atoms with van der Waals surface area (Å²) in [6, 6.07) is 14.1. The van der Waals surface area contributed by atoms with Crippen LogP contribution < -0.4 is 10.9 Å². The van der Waals surface area contributed by atoms with Crippen LogP contribution in [0.15, 0.2) is 53.3 Å². The third-order valence-electron chi connectivity index (χ3n) is 5.22. The molecular weight excluding hydrogens is 356 g/mol. The minimum Gasteiger partial charge on any atom is -0.357 e. The summed E-state index contributed by atoms with van der Waals surface area (Å²) in [5.41, 5.74) is 1.97. The molecule has 1 aliphatic heterocycles. The van der Waals surface area contributed by atoms with Crippen molar-refractivity contribution in [3.8, 4) is 0 Å². The van der Waals surface area contributed by atoms with E-state index >= 15 is 0 Å². The molecule has 7 nitrogen and oxygen atoms in total. The van der Waals surface area contributed by atoms with Crippen LogP contribution in [0.4, 0.5) is 0 Å². The van der Waals surface area contributed by atoms with Crippen LogP contribution in [0, 0.1) is 0 Å². The van der Waals surface area contributed by atoms with Gasteiger partial charge in [0, 0.05) is 32.4 Å². The molecule has 1 N–H and O–H groups in total. The summed E-state index contributed by atoms with van der Waals surface area (Å²) >= 11 is 0. The van der Waals surface area contributed by atoms with Gasteiger partial charge in [-0.3, -0.25) is 14.4 Å². The maximum absolute atomic E-state index is 13.5. The Kier molecular flexibility index (Phi) is 4.43. The summed E-state index contributed by atoms with van der Waals surface area (Å²) in [7, 11) is 3.08. The quantitative estimate of drug-likeness (QED) is 0.730. The van der Waals surface area contributed by atoms with Crippen molar-refractivity contribution in [3.63, 3.8) is 0 Å². The molecule has 142 valence electrons. The number of amides is 2. The van der Waals surface area contributed by atoms with Crippen molar-refractivity contribution in [2.75, 3.05) is 7.05 Å². The van der Waals surface area contributed by atoms with E-state index in [1.54, 1.807) is 36.2 Å². The molecule has 1 atom stereocenters. The molecule has 1 aromatic heterocycles. The van der Waals surface area contributed by atoms with Crippen molar-refractivity contribution in [2.45, 2.75) is 19.0 Å². The lowest BCUT2D eigenvalue weighted by Crippen LogP contribution is -2.52. The zero-order valence-electron chi connectivity index (χ0n) is 15.7. The van der Waals surface area contributed by atoms with Crippen LogP contribution in [0.1, 0.15) is 21.6 Å². The van der Waals surface area contributed by atoms with Gasteiger partial charge in [-0.2, -0.15) is 5.10 Å². The van der Waals surface area contributed by atoms with Gasteiger partial charge >= 0.3 is 0 Å². The zero-order valence-corrected chi connectivity index (χ0v) is 15.7. The number of benzene rings is 2. The van der Waals surface area contributed by atoms with Gasteiger partial charge in [0.05, 0.1) is 5.39 Å². The smallest absolute Gasteiger partial charge is 0.275 e. The predicted molar refractivity (Wildman–Crippen MR) is 105 cm³/mol. The number of likely N-dealkylation sites (N-methyl/N-ethyl adjacent to an activating group) is 1. The molecule has 0 saturated heterocycles. The topological polar surface area (TPSA) is 84.3 Å². The molecule has 0 bridgehead atoms. The van der Waals surface area contributed by atoms with Crippen molar-refractivity contribution in [3.05, 3.63) is 75.7 Å². The minimum atomic E-state index is -0.634. The van der Waals surface area contributed by atoms with E-state index in [1.165, 1.54) is 11.7 Å². The zero-order chi connectivity index (χ0) is 19.8. The molecule has 0 fully saturated rings. The molecule has 4 rings (SSSR count). The molecule has 1 unspecified atom stereocenters. The molecule has 1 aliphatic rings. The van der Waals surface area contributed by atoms with Gasteiger partial charge in [0.2, 0.25) is 5.91 Å². The van der Waals surface area contributed by atoms with Crippen LogP contribution in [-0.4, -0.2) is 39.6 Å². The summed E-state index contributed by atoms with van der Waals surface area (Å²) in [4.78, 5) is 39.9. The van der Waals surface area contributed by atoms with Crippen LogP contribution >= 0.6 is 0 Å². The second-order valence-corrected chi connectivity index (χ2v) is 6.86. The number of nitrogens with zero attached hydrogens (tertiary/aromatic N) is 3. The van der Waals surface area contributed by atoms with Gasteiger partial charge in [-0.15, -0.1) is 0 Å². The lowest BCUT2D eigenvalue weighted by molar-refractivity contribution is -0.125. The molecule has 7 heteroatoms. The van der Waals surface area contributed by atoms with Crippen molar-refractivity contribution < 1.29 is 9.59 Å². The van der Waals surface area contributed by atoms with Crippen LogP contribution in [0.3, 0.4) is 0 Å². The third-order valence-corrected chi connectivity index (χ3v) is 5.22. The second kappa shape index (κ2) is 6.92. The molecule has 2 amide bonds. The molecule has 0 saturated carbocycles. The van der Waals surface area contributed by atoms with E-state index in [9.17, 15) is 14.4 Å². The Hall–Kier alpha value is -3.48. The Bertz CT molecular complexity index is 1150. The fourth-order valence-corrected chi connectivity index (χ4v) is 3.73. The highest BCUT2D eigenvalue weighted by molar-refractivity contribution is 6.06. The van der Waals surface area contributed by atoms with Crippen molar-refractivity contribution in [1.82, 2.24) is 20.0 Å². The van der Waals surface area contributed by atoms with Crippen molar-refractivity contribution in [1.29, 1.82) is 0 Å². The van der Waals surface area contributed by atoms with E-state index < -0.39 is 6.04 Å². The second-order valence-electron chi connectivity index (χ2n) is 6.86. The maximum Gasteiger partial charge on any atom is 0.275 e. The molecule has 2 aromatic carbocycles. The van der Waals surface area contributed by atoms with E-state index in [0.29, 0.717) is 23.7 Å². The Balaban J connectivity index is 1.84. The third kappa shape index (κ3) is 2.85. The van der Waals surface area contributed by atoms with Crippen molar-refractivity contribution >= 4 is 22.6 Å². The number of fused-ring (bicyclic) bond motifs is 2. The van der Waals surface area contributed by atoms with Gasteiger partial charge in [0.15, 0.2) is 5.69 Å². The Labute approximate surface area is 161 Å². The fourth-order valence-electron chi connectivity index (χ4n) is 3.73. The maximum atomic E-state index is 13.5. The lowest BCUT2D eigenvalue weighted by atomic mass is 9.93. The number of rotatable bonds is 2. The van der Waals surface area contributed by atoms with Gasteiger partial charge in [-0.05, 0) is 17.2 Å². The Morgan fingerprint density at radius 1 is 1.04 bits per heavy atom. The SMILES string of the molecule is CNC(=O)C1Cc2ccccc2CN1C(=O)c1nn(C)c(=O)c2ccccc12. The standard InChI is InChI=1S/C21H20N4O3/c1-22-19(26)17-11-13-7-3-4-8-14(13)12-25(17)21(28)18-15-9-5-6-10-16(15)20(27)24(2)23-18/h3-10,17H,11-12H2,1-2H3,(H,22,26). The average molecular weight is 376 g/mol. The predicted octanol–water partition coefficient (Wildman–Crippen LogP) is 1.25. The number of hydrogen-bond donors (Lipinski definition) is 1. The highest BCUT2D eigenvalue weighted by Crippen LogP contribution is 2.26. The minimum absolute atomic E-state index is 0.172. The van der Waals surface area contributed by atoms with Crippen LogP contribution in [0.25, 0.3) is 10.8 Å². The number of carbonyl (C=O) groups excluding carboxylic acids is 2. The summed E-state index contributed by atoms with van der Waals surface area (Å²) in [6.07, 6.45) is 0.436. The van der Waals surface area contributed by atoms with Crippen LogP contribution in [-0.2, 0) is 24.8 Å². The van der Waals surface area contributed by atoms with Crippen molar-refractivity contribution in [2.24, 2.45) is 7.05 Å². The lowest BCUT2D eigenvalue weighted by Gasteiger charge is -2.35. The largest absolute Gasteiger partial charge is 0.357 e. The van der Waals surface area contributed by atoms with Gasteiger partial charge < -0.3 is 10.2 Å².